The van der Waals surface area contributed by atoms with Crippen LogP contribution in [0.2, 0.25) is 0 Å². The number of benzene rings is 1. The number of likely N-dealkylation sites (tertiary alicyclic amines) is 1. The summed E-state index contributed by atoms with van der Waals surface area (Å²) in [6.45, 7) is 3.79. The summed E-state index contributed by atoms with van der Waals surface area (Å²) >= 11 is 0. The molecule has 1 aromatic carbocycles. The first-order chi connectivity index (χ1) is 12.7. The van der Waals surface area contributed by atoms with Crippen LogP contribution in [0.1, 0.15) is 49.5 Å². The number of rotatable bonds is 6. The van der Waals surface area contributed by atoms with Crippen LogP contribution in [0.15, 0.2) is 30.6 Å². The molecule has 1 amide bonds. The Hall–Kier alpha value is -2.37. The smallest absolute Gasteiger partial charge is 0.261 e. The number of nitrogens with zero attached hydrogens (tertiary/aromatic N) is 4. The zero-order valence-electron chi connectivity index (χ0n) is 15.3. The highest BCUT2D eigenvalue weighted by atomic mass is 16.5. The maximum Gasteiger partial charge on any atom is 0.261 e. The van der Waals surface area contributed by atoms with Gasteiger partial charge in [0.05, 0.1) is 6.04 Å². The number of amides is 1. The summed E-state index contributed by atoms with van der Waals surface area (Å²) in [6, 6.07) is 7.80. The zero-order valence-corrected chi connectivity index (χ0v) is 15.3. The molecule has 2 aromatic rings. The molecule has 2 fully saturated rings. The Kier molecular flexibility index (Phi) is 4.91. The molecule has 6 nitrogen and oxygen atoms in total. The van der Waals surface area contributed by atoms with E-state index in [0.717, 1.165) is 55.4 Å². The van der Waals surface area contributed by atoms with E-state index < -0.39 is 0 Å². The van der Waals surface area contributed by atoms with E-state index in [1.165, 1.54) is 12.8 Å². The molecule has 6 heteroatoms. The minimum absolute atomic E-state index is 0.0120. The number of ether oxygens (including phenoxy) is 1. The molecule has 0 N–H and O–H groups in total. The molecule has 0 bridgehead atoms. The molecule has 0 radical (unpaired) electrons. The van der Waals surface area contributed by atoms with Crippen LogP contribution in [0.5, 0.6) is 5.75 Å². The number of piperidine rings is 1. The van der Waals surface area contributed by atoms with E-state index in [1.807, 2.05) is 42.4 Å². The first kappa shape index (κ1) is 17.1. The van der Waals surface area contributed by atoms with Crippen LogP contribution in [0.4, 0.5) is 0 Å². The molecule has 2 heterocycles. The second kappa shape index (κ2) is 7.48. The summed E-state index contributed by atoms with van der Waals surface area (Å²) in [5.74, 6) is 2.48. The van der Waals surface area contributed by atoms with Crippen LogP contribution in [-0.2, 0) is 11.3 Å². The number of hydrogen-bond acceptors (Lipinski definition) is 4. The van der Waals surface area contributed by atoms with Gasteiger partial charge in [0.25, 0.3) is 5.91 Å². The zero-order chi connectivity index (χ0) is 17.9. The quantitative estimate of drug-likeness (QED) is 0.800. The number of carbonyl (C=O) groups excluding carboxylic acids is 1. The molecular formula is C20H26N4O2. The van der Waals surface area contributed by atoms with Crippen molar-refractivity contribution in [3.63, 3.8) is 0 Å². The van der Waals surface area contributed by atoms with Gasteiger partial charge in [0.1, 0.15) is 12.1 Å². The topological polar surface area (TPSA) is 60.2 Å². The van der Waals surface area contributed by atoms with E-state index in [-0.39, 0.29) is 18.6 Å². The SMILES string of the molecule is Cc1ccccc1OCC(=O)N1CCCCC1c1nncn1CC1CC1. The monoisotopic (exact) mass is 354 g/mol. The minimum Gasteiger partial charge on any atom is -0.484 e. The highest BCUT2D eigenvalue weighted by Gasteiger charge is 2.33. The fraction of sp³-hybridized carbons (Fsp3) is 0.550. The van der Waals surface area contributed by atoms with Crippen LogP contribution in [0.3, 0.4) is 0 Å². The largest absolute Gasteiger partial charge is 0.484 e. The van der Waals surface area contributed by atoms with Gasteiger partial charge >= 0.3 is 0 Å². The number of aromatic nitrogens is 3. The Morgan fingerprint density at radius 1 is 1.23 bits per heavy atom. The number of hydrogen-bond donors (Lipinski definition) is 0. The Morgan fingerprint density at radius 2 is 2.08 bits per heavy atom. The average molecular weight is 354 g/mol. The van der Waals surface area contributed by atoms with Gasteiger partial charge in [-0.1, -0.05) is 18.2 Å². The average Bonchev–Trinajstić information content (AvgIpc) is 3.36. The van der Waals surface area contributed by atoms with Gasteiger partial charge in [0.15, 0.2) is 12.4 Å². The predicted molar refractivity (Wildman–Crippen MR) is 97.7 cm³/mol. The Morgan fingerprint density at radius 3 is 2.88 bits per heavy atom. The Bertz CT molecular complexity index is 769. The van der Waals surface area contributed by atoms with Crippen LogP contribution in [0, 0.1) is 12.8 Å². The standard InChI is InChI=1S/C20H26N4O2/c1-15-6-2-3-8-18(15)26-13-19(25)24-11-5-4-7-17(24)20-22-21-14-23(20)12-16-9-10-16/h2-3,6,8,14,16-17H,4-5,7,9-13H2,1H3. The fourth-order valence-electron chi connectivity index (χ4n) is 3.68. The molecule has 138 valence electrons. The number of para-hydroxylation sites is 1. The number of aryl methyl sites for hydroxylation is 1. The maximum absolute atomic E-state index is 12.9. The van der Waals surface area contributed by atoms with E-state index >= 15 is 0 Å². The summed E-state index contributed by atoms with van der Waals surface area (Å²) in [6.07, 6.45) is 7.48. The highest BCUT2D eigenvalue weighted by molar-refractivity contribution is 5.78. The van der Waals surface area contributed by atoms with E-state index in [9.17, 15) is 4.79 Å². The molecule has 1 atom stereocenters. The molecule has 1 aliphatic heterocycles. The van der Waals surface area contributed by atoms with Crippen molar-refractivity contribution in [2.24, 2.45) is 5.92 Å². The molecule has 2 aliphatic rings. The van der Waals surface area contributed by atoms with E-state index in [2.05, 4.69) is 14.8 Å². The van der Waals surface area contributed by atoms with Gasteiger partial charge in [-0.2, -0.15) is 0 Å². The maximum atomic E-state index is 12.9. The van der Waals surface area contributed by atoms with Crippen LogP contribution >= 0.6 is 0 Å². The van der Waals surface area contributed by atoms with Crippen molar-refractivity contribution in [1.82, 2.24) is 19.7 Å². The van der Waals surface area contributed by atoms with Crippen molar-refractivity contribution in [2.45, 2.75) is 51.6 Å². The summed E-state index contributed by atoms with van der Waals surface area (Å²) in [5, 5.41) is 8.48. The third-order valence-corrected chi connectivity index (χ3v) is 5.36. The van der Waals surface area contributed by atoms with Crippen molar-refractivity contribution in [2.75, 3.05) is 13.2 Å². The summed E-state index contributed by atoms with van der Waals surface area (Å²) in [4.78, 5) is 14.8. The second-order valence-electron chi connectivity index (χ2n) is 7.44. The molecule has 26 heavy (non-hydrogen) atoms. The molecule has 1 unspecified atom stereocenters. The summed E-state index contributed by atoms with van der Waals surface area (Å²) in [5.41, 5.74) is 1.04. The second-order valence-corrected chi connectivity index (χ2v) is 7.44. The molecule has 1 saturated carbocycles. The summed E-state index contributed by atoms with van der Waals surface area (Å²) < 4.78 is 7.94. The molecule has 0 spiro atoms. The van der Waals surface area contributed by atoms with Crippen molar-refractivity contribution in [3.8, 4) is 5.75 Å². The van der Waals surface area contributed by atoms with Gasteiger partial charge in [0.2, 0.25) is 0 Å². The summed E-state index contributed by atoms with van der Waals surface area (Å²) in [7, 11) is 0. The Balaban J connectivity index is 1.46. The van der Waals surface area contributed by atoms with E-state index in [1.54, 1.807) is 0 Å². The van der Waals surface area contributed by atoms with Gasteiger partial charge in [-0.15, -0.1) is 10.2 Å². The van der Waals surface area contributed by atoms with Gasteiger partial charge in [-0.05, 0) is 56.6 Å². The van der Waals surface area contributed by atoms with Gasteiger partial charge in [0, 0.05) is 13.1 Å². The van der Waals surface area contributed by atoms with Crippen LogP contribution in [-0.4, -0.2) is 38.7 Å². The lowest BCUT2D eigenvalue weighted by Crippen LogP contribution is -2.42. The van der Waals surface area contributed by atoms with Gasteiger partial charge in [-0.25, -0.2) is 0 Å². The first-order valence-corrected chi connectivity index (χ1v) is 9.58. The lowest BCUT2D eigenvalue weighted by molar-refractivity contribution is -0.137. The van der Waals surface area contributed by atoms with Crippen LogP contribution in [0.25, 0.3) is 0 Å². The predicted octanol–water partition coefficient (Wildman–Crippen LogP) is 3.13. The highest BCUT2D eigenvalue weighted by Crippen LogP contribution is 2.34. The molecule has 4 rings (SSSR count). The molecule has 1 aliphatic carbocycles. The van der Waals surface area contributed by atoms with Crippen molar-refractivity contribution >= 4 is 5.91 Å². The molecule has 1 saturated heterocycles. The van der Waals surface area contributed by atoms with E-state index in [0.29, 0.717) is 0 Å². The van der Waals surface area contributed by atoms with E-state index in [4.69, 9.17) is 4.74 Å². The van der Waals surface area contributed by atoms with Crippen molar-refractivity contribution < 1.29 is 9.53 Å². The van der Waals surface area contributed by atoms with Gasteiger partial charge < -0.3 is 14.2 Å². The normalized spacial score (nSPS) is 20.2. The lowest BCUT2D eigenvalue weighted by Gasteiger charge is -2.35. The third kappa shape index (κ3) is 3.74. The van der Waals surface area contributed by atoms with Crippen LogP contribution < -0.4 is 4.74 Å². The van der Waals surface area contributed by atoms with Gasteiger partial charge in [-0.3, -0.25) is 4.79 Å². The minimum atomic E-state index is 0.0120. The molecular weight excluding hydrogens is 328 g/mol. The Labute approximate surface area is 154 Å². The lowest BCUT2D eigenvalue weighted by atomic mass is 10.0. The van der Waals surface area contributed by atoms with Crippen molar-refractivity contribution in [3.05, 3.63) is 42.0 Å². The molecule has 1 aromatic heterocycles. The number of carbonyl (C=O) groups is 1. The third-order valence-electron chi connectivity index (χ3n) is 5.36. The first-order valence-electron chi connectivity index (χ1n) is 9.58. The van der Waals surface area contributed by atoms with Crippen molar-refractivity contribution in [1.29, 1.82) is 0 Å². The fourth-order valence-corrected chi connectivity index (χ4v) is 3.68.